The van der Waals surface area contributed by atoms with Gasteiger partial charge in [-0.15, -0.1) is 10.2 Å². The van der Waals surface area contributed by atoms with E-state index in [4.69, 9.17) is 35.5 Å². The lowest BCUT2D eigenvalue weighted by Gasteiger charge is -2.10. The Morgan fingerprint density at radius 2 is 1.74 bits per heavy atom. The average Bonchev–Trinajstić information content (AvgIpc) is 2.61. The summed E-state index contributed by atoms with van der Waals surface area (Å²) >= 11 is 13.4. The number of nitrogens with two attached hydrogens (primary N) is 1. The van der Waals surface area contributed by atoms with Gasteiger partial charge in [0.25, 0.3) is 6.04 Å². The quantitative estimate of drug-likeness (QED) is 0.426. The minimum absolute atomic E-state index is 0.213. The van der Waals surface area contributed by atoms with Gasteiger partial charge < -0.3 is 10.6 Å². The number of hydrogen-bond donors (Lipinski definition) is 1. The Balaban J connectivity index is 1.89. The van der Waals surface area contributed by atoms with Crippen molar-refractivity contribution < 1.29 is 8.78 Å². The van der Waals surface area contributed by atoms with Gasteiger partial charge in [0.15, 0.2) is 0 Å². The lowest BCUT2D eigenvalue weighted by atomic mass is 10.0. The van der Waals surface area contributed by atoms with Crippen molar-refractivity contribution >= 4 is 40.7 Å². The van der Waals surface area contributed by atoms with Crippen molar-refractivity contribution in [3.05, 3.63) is 86.8 Å². The molecule has 1 heterocycles. The molecular formula is C18H10Cl2F2N4S. The normalized spacial score (nSPS) is 11.8. The molecule has 4 nitrogen and oxygen atoms in total. The predicted octanol–water partition coefficient (Wildman–Crippen LogP) is 5.80. The fraction of sp³-hybridized carbons (Fsp3) is 0.0556. The Labute approximate surface area is 168 Å². The number of aromatic nitrogens is 2. The van der Waals surface area contributed by atoms with E-state index in [0.717, 1.165) is 23.9 Å². The van der Waals surface area contributed by atoms with Crippen LogP contribution in [0, 0.1) is 18.2 Å². The molecule has 0 aliphatic carbocycles. The third-order valence-corrected chi connectivity index (χ3v) is 5.16. The van der Waals surface area contributed by atoms with Crippen molar-refractivity contribution in [3.63, 3.8) is 0 Å². The highest BCUT2D eigenvalue weighted by Gasteiger charge is 2.27. The van der Waals surface area contributed by atoms with Gasteiger partial charge in [-0.2, -0.15) is 0 Å². The summed E-state index contributed by atoms with van der Waals surface area (Å²) in [5.41, 5.74) is 6.80. The van der Waals surface area contributed by atoms with Crippen LogP contribution in [0.25, 0.3) is 4.85 Å². The molecule has 27 heavy (non-hydrogen) atoms. The summed E-state index contributed by atoms with van der Waals surface area (Å²) < 4.78 is 26.7. The molecule has 0 spiro atoms. The second-order valence-corrected chi connectivity index (χ2v) is 7.28. The van der Waals surface area contributed by atoms with Gasteiger partial charge in [0.2, 0.25) is 0 Å². The maximum absolute atomic E-state index is 13.8. The summed E-state index contributed by atoms with van der Waals surface area (Å²) in [5, 5.41) is 8.96. The SMILES string of the molecule is [C-]#[N+]C(c1ccc(Sc2ccc(F)cc2F)nn1)c1c(Cl)cc(N)cc1Cl. The molecule has 1 unspecified atom stereocenters. The molecule has 0 saturated carbocycles. The molecule has 0 fully saturated rings. The molecule has 0 radical (unpaired) electrons. The van der Waals surface area contributed by atoms with E-state index < -0.39 is 17.7 Å². The van der Waals surface area contributed by atoms with Gasteiger partial charge >= 0.3 is 0 Å². The van der Waals surface area contributed by atoms with E-state index >= 15 is 0 Å². The fourth-order valence-corrected chi connectivity index (χ4v) is 3.79. The average molecular weight is 423 g/mol. The van der Waals surface area contributed by atoms with Crippen molar-refractivity contribution in [2.75, 3.05) is 5.73 Å². The monoisotopic (exact) mass is 422 g/mol. The zero-order chi connectivity index (χ0) is 19.6. The summed E-state index contributed by atoms with van der Waals surface area (Å²) in [6.07, 6.45) is 0. The Morgan fingerprint density at radius 1 is 1.04 bits per heavy atom. The van der Waals surface area contributed by atoms with E-state index in [-0.39, 0.29) is 14.9 Å². The number of anilines is 1. The van der Waals surface area contributed by atoms with Crippen LogP contribution in [0.15, 0.2) is 52.4 Å². The molecule has 9 heteroatoms. The minimum atomic E-state index is -0.861. The predicted molar refractivity (Wildman–Crippen MR) is 102 cm³/mol. The Morgan fingerprint density at radius 3 is 2.30 bits per heavy atom. The summed E-state index contributed by atoms with van der Waals surface area (Å²) in [4.78, 5) is 3.76. The first kappa shape index (κ1) is 19.4. The molecule has 2 aromatic carbocycles. The molecule has 1 aromatic heterocycles. The van der Waals surface area contributed by atoms with Gasteiger partial charge in [-0.05, 0) is 36.4 Å². The van der Waals surface area contributed by atoms with Gasteiger partial charge in [-0.3, -0.25) is 0 Å². The molecule has 0 aliphatic rings. The van der Waals surface area contributed by atoms with Gasteiger partial charge in [0.1, 0.15) is 22.4 Å². The van der Waals surface area contributed by atoms with Crippen molar-refractivity contribution in [2.45, 2.75) is 16.0 Å². The molecule has 0 amide bonds. The number of hydrogen-bond acceptors (Lipinski definition) is 4. The maximum Gasteiger partial charge on any atom is 0.295 e. The molecule has 2 N–H and O–H groups in total. The first-order valence-corrected chi connectivity index (χ1v) is 9.04. The molecule has 0 saturated heterocycles. The van der Waals surface area contributed by atoms with Crippen LogP contribution in [-0.4, -0.2) is 10.2 Å². The topological polar surface area (TPSA) is 56.2 Å². The highest BCUT2D eigenvalue weighted by molar-refractivity contribution is 7.99. The van der Waals surface area contributed by atoms with Gasteiger partial charge in [0, 0.05) is 16.6 Å². The first-order chi connectivity index (χ1) is 12.9. The van der Waals surface area contributed by atoms with Crippen LogP contribution in [0.2, 0.25) is 10.0 Å². The second-order valence-electron chi connectivity index (χ2n) is 5.40. The zero-order valence-electron chi connectivity index (χ0n) is 13.5. The Kier molecular flexibility index (Phi) is 5.80. The summed E-state index contributed by atoms with van der Waals surface area (Å²) in [6, 6.07) is 8.61. The summed E-state index contributed by atoms with van der Waals surface area (Å²) in [5.74, 6) is -1.35. The fourth-order valence-electron chi connectivity index (χ4n) is 2.34. The maximum atomic E-state index is 13.8. The number of nitrogens with zero attached hydrogens (tertiary/aromatic N) is 3. The second kappa shape index (κ2) is 8.09. The van der Waals surface area contributed by atoms with Crippen LogP contribution >= 0.6 is 35.0 Å². The van der Waals surface area contributed by atoms with E-state index in [1.165, 1.54) is 18.2 Å². The van der Waals surface area contributed by atoms with Crippen LogP contribution in [0.1, 0.15) is 17.3 Å². The zero-order valence-corrected chi connectivity index (χ0v) is 15.8. The number of benzene rings is 2. The number of halogens is 4. The van der Waals surface area contributed by atoms with Crippen molar-refractivity contribution in [1.29, 1.82) is 0 Å². The molecule has 3 aromatic rings. The first-order valence-electron chi connectivity index (χ1n) is 7.46. The van der Waals surface area contributed by atoms with E-state index in [1.54, 1.807) is 12.1 Å². The summed E-state index contributed by atoms with van der Waals surface area (Å²) in [6.45, 7) is 7.48. The Hall–Kier alpha value is -2.40. The largest absolute Gasteiger partial charge is 0.399 e. The number of nitrogen functional groups attached to an aromatic ring is 1. The van der Waals surface area contributed by atoms with E-state index in [0.29, 0.717) is 22.0 Å². The van der Waals surface area contributed by atoms with Crippen LogP contribution in [-0.2, 0) is 0 Å². The molecule has 0 bridgehead atoms. The van der Waals surface area contributed by atoms with E-state index in [9.17, 15) is 8.78 Å². The molecule has 136 valence electrons. The highest BCUT2D eigenvalue weighted by atomic mass is 35.5. The third-order valence-electron chi connectivity index (χ3n) is 3.55. The van der Waals surface area contributed by atoms with Gasteiger partial charge in [-0.25, -0.2) is 15.4 Å². The van der Waals surface area contributed by atoms with E-state index in [1.807, 2.05) is 0 Å². The van der Waals surface area contributed by atoms with Crippen molar-refractivity contribution in [3.8, 4) is 0 Å². The third kappa shape index (κ3) is 4.30. The van der Waals surface area contributed by atoms with Crippen LogP contribution in [0.3, 0.4) is 0 Å². The van der Waals surface area contributed by atoms with Crippen LogP contribution in [0.5, 0.6) is 0 Å². The highest BCUT2D eigenvalue weighted by Crippen LogP contribution is 2.38. The Bertz CT molecular complexity index is 1020. The minimum Gasteiger partial charge on any atom is -0.399 e. The van der Waals surface area contributed by atoms with Gasteiger partial charge in [0.05, 0.1) is 15.6 Å². The lowest BCUT2D eigenvalue weighted by Crippen LogP contribution is -2.03. The van der Waals surface area contributed by atoms with E-state index in [2.05, 4.69) is 15.0 Å². The smallest absolute Gasteiger partial charge is 0.295 e. The molecule has 3 rings (SSSR count). The molecule has 1 atom stereocenters. The standard InChI is InChI=1S/C18H10Cl2F2N4S/c1-24-18(17-11(19)7-10(23)8-12(17)20)14-3-5-16(26-25-14)27-15-4-2-9(21)6-13(15)22/h2-8,18H,23H2. The molecule has 0 aliphatic heterocycles. The van der Waals surface area contributed by atoms with Crippen LogP contribution in [0.4, 0.5) is 14.5 Å². The van der Waals surface area contributed by atoms with Crippen molar-refractivity contribution in [2.24, 2.45) is 0 Å². The molecular weight excluding hydrogens is 413 g/mol. The summed E-state index contributed by atoms with van der Waals surface area (Å²) in [7, 11) is 0. The van der Waals surface area contributed by atoms with Crippen molar-refractivity contribution in [1.82, 2.24) is 10.2 Å². The number of rotatable bonds is 4. The lowest BCUT2D eigenvalue weighted by molar-refractivity contribution is 0.565. The van der Waals surface area contributed by atoms with Gasteiger partial charge in [-0.1, -0.05) is 35.0 Å². The van der Waals surface area contributed by atoms with Crippen LogP contribution < -0.4 is 5.73 Å².